The Bertz CT molecular complexity index is 430. The van der Waals surface area contributed by atoms with E-state index < -0.39 is 0 Å². The average Bonchev–Trinajstić information content (AvgIpc) is 2.44. The molecule has 1 saturated heterocycles. The fourth-order valence-corrected chi connectivity index (χ4v) is 2.54. The van der Waals surface area contributed by atoms with Gasteiger partial charge in [0.1, 0.15) is 0 Å². The lowest BCUT2D eigenvalue weighted by atomic mass is 9.94. The number of nitrogens with one attached hydrogen (secondary N) is 1. The Morgan fingerprint density at radius 3 is 2.60 bits per heavy atom. The monoisotopic (exact) mass is 274 g/mol. The minimum Gasteiger partial charge on any atom is -0.370 e. The third kappa shape index (κ3) is 4.85. The number of nitrogens with zero attached hydrogens (tertiary/aromatic N) is 2. The van der Waals surface area contributed by atoms with Crippen molar-refractivity contribution in [3.8, 4) is 0 Å². The number of guanidine groups is 1. The highest BCUT2D eigenvalue weighted by Gasteiger charge is 2.15. The normalized spacial score (nSPS) is 18.2. The van der Waals surface area contributed by atoms with Gasteiger partial charge in [-0.15, -0.1) is 0 Å². The summed E-state index contributed by atoms with van der Waals surface area (Å²) < 4.78 is 0. The van der Waals surface area contributed by atoms with Gasteiger partial charge in [0.2, 0.25) is 0 Å². The Labute approximate surface area is 122 Å². The number of benzene rings is 1. The summed E-state index contributed by atoms with van der Waals surface area (Å²) in [6.45, 7) is 5.32. The number of hydrogen-bond acceptors (Lipinski definition) is 2. The second kappa shape index (κ2) is 7.29. The molecule has 110 valence electrons. The molecule has 20 heavy (non-hydrogen) atoms. The summed E-state index contributed by atoms with van der Waals surface area (Å²) in [5.41, 5.74) is 8.15. The summed E-state index contributed by atoms with van der Waals surface area (Å²) in [5.74, 6) is 1.32. The smallest absolute Gasteiger partial charge is 0.193 e. The van der Waals surface area contributed by atoms with Gasteiger partial charge in [-0.3, -0.25) is 4.99 Å². The van der Waals surface area contributed by atoms with E-state index in [4.69, 9.17) is 5.73 Å². The van der Waals surface area contributed by atoms with Crippen molar-refractivity contribution in [2.75, 3.05) is 32.0 Å². The lowest BCUT2D eigenvalue weighted by molar-refractivity contribution is 0.214. The third-order valence-electron chi connectivity index (χ3n) is 3.98. The first-order valence-electron chi connectivity index (χ1n) is 7.45. The van der Waals surface area contributed by atoms with E-state index in [1.807, 2.05) is 12.1 Å². The van der Waals surface area contributed by atoms with Gasteiger partial charge >= 0.3 is 0 Å². The van der Waals surface area contributed by atoms with E-state index in [2.05, 4.69) is 41.3 Å². The van der Waals surface area contributed by atoms with E-state index in [1.165, 1.54) is 31.5 Å². The first-order chi connectivity index (χ1) is 9.63. The van der Waals surface area contributed by atoms with Gasteiger partial charge in [0.25, 0.3) is 0 Å². The largest absolute Gasteiger partial charge is 0.370 e. The molecule has 4 heteroatoms. The molecule has 0 saturated carbocycles. The van der Waals surface area contributed by atoms with Crippen LogP contribution in [0.1, 0.15) is 24.8 Å². The predicted octanol–water partition coefficient (Wildman–Crippen LogP) is 2.45. The molecule has 1 aromatic rings. The van der Waals surface area contributed by atoms with Crippen LogP contribution in [0.3, 0.4) is 0 Å². The zero-order chi connectivity index (χ0) is 14.4. The van der Waals surface area contributed by atoms with E-state index in [0.29, 0.717) is 5.96 Å². The molecule has 0 spiro atoms. The Morgan fingerprint density at radius 1 is 1.30 bits per heavy atom. The molecule has 0 aliphatic carbocycles. The summed E-state index contributed by atoms with van der Waals surface area (Å²) in [6, 6.07) is 8.17. The zero-order valence-electron chi connectivity index (χ0n) is 12.6. The minimum atomic E-state index is 0.516. The highest BCUT2D eigenvalue weighted by Crippen LogP contribution is 2.19. The maximum atomic E-state index is 5.91. The second-order valence-electron chi connectivity index (χ2n) is 5.79. The van der Waals surface area contributed by atoms with Gasteiger partial charge in [-0.2, -0.15) is 0 Å². The molecule has 0 unspecified atom stereocenters. The summed E-state index contributed by atoms with van der Waals surface area (Å²) in [4.78, 5) is 6.82. The molecule has 0 aromatic heterocycles. The third-order valence-corrected chi connectivity index (χ3v) is 3.98. The van der Waals surface area contributed by atoms with Crippen LogP contribution in [0.5, 0.6) is 0 Å². The minimum absolute atomic E-state index is 0.516. The molecule has 0 bridgehead atoms. The van der Waals surface area contributed by atoms with E-state index in [9.17, 15) is 0 Å². The van der Waals surface area contributed by atoms with Crippen LogP contribution in [-0.2, 0) is 0 Å². The predicted molar refractivity (Wildman–Crippen MR) is 86.1 cm³/mol. The highest BCUT2D eigenvalue weighted by atomic mass is 15.1. The quantitative estimate of drug-likeness (QED) is 0.655. The van der Waals surface area contributed by atoms with Crippen LogP contribution in [0.2, 0.25) is 0 Å². The van der Waals surface area contributed by atoms with Crippen LogP contribution in [-0.4, -0.2) is 37.5 Å². The lowest BCUT2D eigenvalue weighted by Crippen LogP contribution is -2.30. The van der Waals surface area contributed by atoms with Gasteiger partial charge in [-0.25, -0.2) is 0 Å². The number of rotatable bonds is 4. The first-order valence-corrected chi connectivity index (χ1v) is 7.45. The van der Waals surface area contributed by atoms with Gasteiger partial charge in [0.05, 0.1) is 0 Å². The van der Waals surface area contributed by atoms with Crippen molar-refractivity contribution < 1.29 is 0 Å². The summed E-state index contributed by atoms with van der Waals surface area (Å²) >= 11 is 0. The molecule has 1 aliphatic heterocycles. The molecule has 0 radical (unpaired) electrons. The van der Waals surface area contributed by atoms with Gasteiger partial charge in [0.15, 0.2) is 5.96 Å². The summed E-state index contributed by atoms with van der Waals surface area (Å²) in [7, 11) is 2.19. The van der Waals surface area contributed by atoms with Crippen LogP contribution in [0.4, 0.5) is 5.69 Å². The van der Waals surface area contributed by atoms with Crippen molar-refractivity contribution in [1.82, 2.24) is 4.90 Å². The van der Waals surface area contributed by atoms with E-state index >= 15 is 0 Å². The Balaban J connectivity index is 1.72. The SMILES string of the molecule is Cc1ccc(NC(N)=NCCC2CCN(C)CC2)cc1. The Hall–Kier alpha value is -1.55. The number of nitrogens with two attached hydrogens (primary N) is 1. The van der Waals surface area contributed by atoms with Gasteiger partial charge < -0.3 is 16.0 Å². The van der Waals surface area contributed by atoms with Crippen LogP contribution in [0.15, 0.2) is 29.3 Å². The van der Waals surface area contributed by atoms with Gasteiger partial charge in [-0.1, -0.05) is 17.7 Å². The average molecular weight is 274 g/mol. The van der Waals surface area contributed by atoms with E-state index in [1.54, 1.807) is 0 Å². The fraction of sp³-hybridized carbons (Fsp3) is 0.562. The molecular formula is C16H26N4. The van der Waals surface area contributed by atoms with E-state index in [0.717, 1.165) is 24.6 Å². The molecule has 1 aliphatic rings. The molecule has 3 N–H and O–H groups in total. The number of hydrogen-bond donors (Lipinski definition) is 2. The van der Waals surface area contributed by atoms with Crippen molar-refractivity contribution >= 4 is 11.6 Å². The molecular weight excluding hydrogens is 248 g/mol. The number of piperidine rings is 1. The van der Waals surface area contributed by atoms with Crippen LogP contribution in [0.25, 0.3) is 0 Å². The number of anilines is 1. The second-order valence-corrected chi connectivity index (χ2v) is 5.79. The molecule has 1 heterocycles. The molecule has 1 fully saturated rings. The standard InChI is InChI=1S/C16H26N4/c1-13-3-5-15(6-4-13)19-16(17)18-10-7-14-8-11-20(2)12-9-14/h3-6,14H,7-12H2,1-2H3,(H3,17,18,19). The lowest BCUT2D eigenvalue weighted by Gasteiger charge is -2.28. The first kappa shape index (κ1) is 14.9. The van der Waals surface area contributed by atoms with Crippen LogP contribution < -0.4 is 11.1 Å². The maximum Gasteiger partial charge on any atom is 0.193 e. The number of aryl methyl sites for hydroxylation is 1. The maximum absolute atomic E-state index is 5.91. The summed E-state index contributed by atoms with van der Waals surface area (Å²) in [5, 5.41) is 3.13. The molecule has 1 aromatic carbocycles. The van der Waals surface area contributed by atoms with Gasteiger partial charge in [-0.05, 0) is 64.4 Å². The molecule has 4 nitrogen and oxygen atoms in total. The highest BCUT2D eigenvalue weighted by molar-refractivity contribution is 5.92. The molecule has 2 rings (SSSR count). The van der Waals surface area contributed by atoms with Crippen molar-refractivity contribution in [1.29, 1.82) is 0 Å². The number of aliphatic imine (C=N–C) groups is 1. The van der Waals surface area contributed by atoms with Crippen molar-refractivity contribution in [2.24, 2.45) is 16.6 Å². The topological polar surface area (TPSA) is 53.6 Å². The number of likely N-dealkylation sites (tertiary alicyclic amines) is 1. The zero-order valence-corrected chi connectivity index (χ0v) is 12.6. The van der Waals surface area contributed by atoms with E-state index in [-0.39, 0.29) is 0 Å². The summed E-state index contributed by atoms with van der Waals surface area (Å²) in [6.07, 6.45) is 3.72. The van der Waals surface area contributed by atoms with Crippen molar-refractivity contribution in [3.63, 3.8) is 0 Å². The Kier molecular flexibility index (Phi) is 5.41. The van der Waals surface area contributed by atoms with Crippen molar-refractivity contribution in [3.05, 3.63) is 29.8 Å². The van der Waals surface area contributed by atoms with Crippen LogP contribution >= 0.6 is 0 Å². The fourth-order valence-electron chi connectivity index (χ4n) is 2.54. The van der Waals surface area contributed by atoms with Crippen molar-refractivity contribution in [2.45, 2.75) is 26.2 Å². The van der Waals surface area contributed by atoms with Gasteiger partial charge in [0, 0.05) is 12.2 Å². The molecule has 0 atom stereocenters. The molecule has 0 amide bonds. The Morgan fingerprint density at radius 2 is 1.95 bits per heavy atom. The van der Waals surface area contributed by atoms with Crippen LogP contribution in [0, 0.1) is 12.8 Å².